The number of fused-ring (bicyclic) bond motifs is 2. The molecule has 2 aromatic carbocycles. The first-order valence-corrected chi connectivity index (χ1v) is 14.1. The Kier molecular flexibility index (Phi) is 6.19. The quantitative estimate of drug-likeness (QED) is 0.243. The van der Waals surface area contributed by atoms with Crippen LogP contribution in [0.2, 0.25) is 0 Å². The molecule has 0 aliphatic carbocycles. The van der Waals surface area contributed by atoms with Crippen molar-refractivity contribution in [1.29, 1.82) is 0 Å². The van der Waals surface area contributed by atoms with E-state index in [9.17, 15) is 4.79 Å². The summed E-state index contributed by atoms with van der Waals surface area (Å²) in [4.78, 5) is 30.1. The highest BCUT2D eigenvalue weighted by Crippen LogP contribution is 2.37. The number of aromatic nitrogens is 5. The summed E-state index contributed by atoms with van der Waals surface area (Å²) in [6.07, 6.45) is 4.22. The van der Waals surface area contributed by atoms with Crippen molar-refractivity contribution in [2.24, 2.45) is 0 Å². The fraction of sp³-hybridized carbons (Fsp3) is 0.290. The molecule has 2 aliphatic heterocycles. The highest BCUT2D eigenvalue weighted by atomic mass is 16.2. The molecule has 0 radical (unpaired) electrons. The number of urea groups is 1. The molecule has 1 saturated heterocycles. The summed E-state index contributed by atoms with van der Waals surface area (Å²) in [5.74, 6) is 0.550. The van der Waals surface area contributed by atoms with Crippen LogP contribution in [0.1, 0.15) is 41.1 Å². The number of carbonyl (C=O) groups excluding carboxylic acids is 1. The molecule has 5 aromatic rings. The van der Waals surface area contributed by atoms with Gasteiger partial charge in [-0.25, -0.2) is 9.78 Å². The smallest absolute Gasteiger partial charge is 0.322 e. The summed E-state index contributed by atoms with van der Waals surface area (Å²) in [6.45, 7) is 5.30. The van der Waals surface area contributed by atoms with Gasteiger partial charge in [-0.2, -0.15) is 10.1 Å². The van der Waals surface area contributed by atoms with E-state index >= 15 is 0 Å². The summed E-state index contributed by atoms with van der Waals surface area (Å²) < 4.78 is 0. The van der Waals surface area contributed by atoms with Crippen LogP contribution >= 0.6 is 0 Å². The van der Waals surface area contributed by atoms with Gasteiger partial charge in [-0.05, 0) is 62.2 Å². The van der Waals surface area contributed by atoms with Crippen LogP contribution in [0.5, 0.6) is 0 Å². The molecule has 10 heteroatoms. The van der Waals surface area contributed by atoms with Crippen LogP contribution in [0, 0.1) is 6.92 Å². The molecule has 208 valence electrons. The first-order chi connectivity index (χ1) is 19.9. The fourth-order valence-electron chi connectivity index (χ4n) is 6.29. The molecule has 41 heavy (non-hydrogen) atoms. The van der Waals surface area contributed by atoms with E-state index in [4.69, 9.17) is 5.73 Å². The average molecular weight is 548 g/mol. The van der Waals surface area contributed by atoms with Crippen molar-refractivity contribution in [3.05, 3.63) is 77.1 Å². The van der Waals surface area contributed by atoms with Crippen molar-refractivity contribution in [3.63, 3.8) is 0 Å². The third-order valence-corrected chi connectivity index (χ3v) is 8.43. The number of nitrogen functional groups attached to an aromatic ring is 1. The molecule has 1 fully saturated rings. The number of nitrogens with zero attached hydrogens (tertiary/aromatic N) is 5. The van der Waals surface area contributed by atoms with Gasteiger partial charge in [0.15, 0.2) is 0 Å². The lowest BCUT2D eigenvalue weighted by atomic mass is 9.92. The van der Waals surface area contributed by atoms with Gasteiger partial charge in [0.25, 0.3) is 0 Å². The molecule has 0 bridgehead atoms. The van der Waals surface area contributed by atoms with E-state index in [1.54, 1.807) is 0 Å². The summed E-state index contributed by atoms with van der Waals surface area (Å²) in [6, 6.07) is 16.0. The monoisotopic (exact) mass is 547 g/mol. The maximum Gasteiger partial charge on any atom is 0.322 e. The van der Waals surface area contributed by atoms with Crippen LogP contribution < -0.4 is 11.1 Å². The number of anilines is 2. The van der Waals surface area contributed by atoms with Crippen molar-refractivity contribution in [1.82, 2.24) is 34.9 Å². The molecular weight excluding hydrogens is 514 g/mol. The van der Waals surface area contributed by atoms with Gasteiger partial charge in [-0.15, -0.1) is 0 Å². The van der Waals surface area contributed by atoms with E-state index < -0.39 is 0 Å². The van der Waals surface area contributed by atoms with Gasteiger partial charge < -0.3 is 25.8 Å². The summed E-state index contributed by atoms with van der Waals surface area (Å²) in [5, 5.41) is 11.7. The van der Waals surface area contributed by atoms with Crippen molar-refractivity contribution >= 4 is 28.7 Å². The molecule has 0 spiro atoms. The van der Waals surface area contributed by atoms with Gasteiger partial charge in [0.05, 0.1) is 17.1 Å². The number of hydrogen-bond donors (Lipinski definition) is 4. The Hall–Kier alpha value is -4.70. The topological polar surface area (TPSA) is 132 Å². The van der Waals surface area contributed by atoms with Crippen LogP contribution in [-0.4, -0.2) is 61.1 Å². The molecule has 7 rings (SSSR count). The maximum absolute atomic E-state index is 13.2. The Balaban J connectivity index is 1.21. The van der Waals surface area contributed by atoms with Crippen LogP contribution in [0.4, 0.5) is 16.4 Å². The lowest BCUT2D eigenvalue weighted by Gasteiger charge is -2.29. The third-order valence-electron chi connectivity index (χ3n) is 8.43. The highest BCUT2D eigenvalue weighted by molar-refractivity contribution is 5.98. The van der Waals surface area contributed by atoms with E-state index in [2.05, 4.69) is 60.6 Å². The summed E-state index contributed by atoms with van der Waals surface area (Å²) in [5.41, 5.74) is 15.5. The average Bonchev–Trinajstić information content (AvgIpc) is 3.71. The van der Waals surface area contributed by atoms with E-state index in [0.29, 0.717) is 24.7 Å². The zero-order valence-corrected chi connectivity index (χ0v) is 23.2. The van der Waals surface area contributed by atoms with E-state index in [0.717, 1.165) is 70.8 Å². The number of rotatable bonds is 4. The lowest BCUT2D eigenvalue weighted by molar-refractivity contribution is 0.212. The number of likely N-dealkylation sites (tertiary alicyclic amines) is 1. The van der Waals surface area contributed by atoms with Gasteiger partial charge in [-0.3, -0.25) is 5.10 Å². The zero-order valence-electron chi connectivity index (χ0n) is 23.2. The number of amides is 2. The maximum atomic E-state index is 13.2. The van der Waals surface area contributed by atoms with E-state index in [-0.39, 0.29) is 12.0 Å². The SMILES string of the molecule is Cc1c(NC(=O)N2Cc3ccccc3C2)cccc1-c1nc(N)nc2[nH]c(-c3c[nH]nc3C3CCCN(C)C3)cc12. The van der Waals surface area contributed by atoms with Crippen LogP contribution in [-0.2, 0) is 13.1 Å². The predicted molar refractivity (Wildman–Crippen MR) is 160 cm³/mol. The van der Waals surface area contributed by atoms with Crippen LogP contribution in [0.25, 0.3) is 33.5 Å². The minimum Gasteiger partial charge on any atom is -0.368 e. The van der Waals surface area contributed by atoms with E-state index in [1.165, 1.54) is 11.1 Å². The Morgan fingerprint density at radius 1 is 1.07 bits per heavy atom. The Bertz CT molecular complexity index is 1750. The van der Waals surface area contributed by atoms with Crippen molar-refractivity contribution in [2.45, 2.75) is 38.8 Å². The van der Waals surface area contributed by atoms with Crippen molar-refractivity contribution in [2.75, 3.05) is 31.2 Å². The number of hydrogen-bond acceptors (Lipinski definition) is 6. The Morgan fingerprint density at radius 2 is 1.88 bits per heavy atom. The molecule has 0 saturated carbocycles. The molecule has 10 nitrogen and oxygen atoms in total. The van der Waals surface area contributed by atoms with Crippen molar-refractivity contribution < 1.29 is 4.79 Å². The van der Waals surface area contributed by atoms with Crippen molar-refractivity contribution in [3.8, 4) is 22.5 Å². The lowest BCUT2D eigenvalue weighted by Crippen LogP contribution is -2.31. The van der Waals surface area contributed by atoms with Crippen LogP contribution in [0.3, 0.4) is 0 Å². The molecule has 5 heterocycles. The van der Waals surface area contributed by atoms with E-state index in [1.807, 2.05) is 48.4 Å². The molecule has 3 aromatic heterocycles. The molecule has 2 aliphatic rings. The van der Waals surface area contributed by atoms with Crippen LogP contribution in [0.15, 0.2) is 54.7 Å². The normalized spacial score (nSPS) is 17.2. The molecule has 5 N–H and O–H groups in total. The number of likely N-dealkylation sites (N-methyl/N-ethyl adjacent to an activating group) is 1. The van der Waals surface area contributed by atoms with Gasteiger partial charge >= 0.3 is 6.03 Å². The molecule has 1 atom stereocenters. The number of carbonyl (C=O) groups is 1. The number of piperidine rings is 1. The second kappa shape index (κ2) is 10.0. The summed E-state index contributed by atoms with van der Waals surface area (Å²) in [7, 11) is 2.16. The fourth-order valence-corrected chi connectivity index (χ4v) is 6.29. The number of nitrogens with two attached hydrogens (primary N) is 1. The second-order valence-electron chi connectivity index (χ2n) is 11.2. The highest BCUT2D eigenvalue weighted by Gasteiger charge is 2.26. The minimum atomic E-state index is -0.126. The summed E-state index contributed by atoms with van der Waals surface area (Å²) >= 11 is 0. The number of H-pyrrole nitrogens is 2. The van der Waals surface area contributed by atoms with Gasteiger partial charge in [0.1, 0.15) is 5.65 Å². The Labute approximate surface area is 238 Å². The molecular formula is C31H33N9O. The van der Waals surface area contributed by atoms with Gasteiger partial charge in [0, 0.05) is 53.9 Å². The molecule has 2 amide bonds. The minimum absolute atomic E-state index is 0.126. The third kappa shape index (κ3) is 4.59. The first kappa shape index (κ1) is 25.3. The number of nitrogens with one attached hydrogen (secondary N) is 3. The first-order valence-electron chi connectivity index (χ1n) is 14.1. The second-order valence-corrected chi connectivity index (χ2v) is 11.2. The number of aromatic amines is 2. The van der Waals surface area contributed by atoms with Gasteiger partial charge in [-0.1, -0.05) is 36.4 Å². The molecule has 1 unspecified atom stereocenters. The predicted octanol–water partition coefficient (Wildman–Crippen LogP) is 5.26. The number of benzene rings is 2. The van der Waals surface area contributed by atoms with Gasteiger partial charge in [0.2, 0.25) is 5.95 Å². The standard InChI is InChI=1S/C31H33N9O/c1-18-22(10-5-11-25(18)35-31(41)40-16-19-7-3-4-8-20(19)17-40)28-23-13-26(34-29(23)37-30(32)36-28)24-14-33-38-27(24)21-9-6-12-39(2)15-21/h3-5,7-8,10-11,13-14,21H,6,9,12,15-17H2,1-2H3,(H,33,38)(H,35,41)(H3,32,34,36,37). The largest absolute Gasteiger partial charge is 0.368 e. The Morgan fingerprint density at radius 3 is 2.66 bits per heavy atom. The zero-order chi connectivity index (χ0) is 28.1.